The number of rotatable bonds is 5. The molecule has 0 spiro atoms. The summed E-state index contributed by atoms with van der Waals surface area (Å²) in [7, 11) is 3.79. The Morgan fingerprint density at radius 1 is 1.60 bits per heavy atom. The van der Waals surface area contributed by atoms with E-state index in [1.54, 1.807) is 18.4 Å². The Bertz CT molecular complexity index is 304. The van der Waals surface area contributed by atoms with Gasteiger partial charge in [-0.25, -0.2) is 0 Å². The second-order valence-corrected chi connectivity index (χ2v) is 5.01. The highest BCUT2D eigenvalue weighted by Crippen LogP contribution is 2.35. The fraction of sp³-hybridized carbons (Fsp3) is 0.667. The maximum atomic E-state index is 5.66. The molecule has 0 radical (unpaired) electrons. The summed E-state index contributed by atoms with van der Waals surface area (Å²) in [5.74, 6) is 0. The van der Waals surface area contributed by atoms with Crippen molar-refractivity contribution in [1.82, 2.24) is 5.32 Å². The Labute approximate surface area is 96.7 Å². The van der Waals surface area contributed by atoms with Gasteiger partial charge in [-0.2, -0.15) is 0 Å². The first-order valence-electron chi connectivity index (χ1n) is 5.35. The zero-order valence-electron chi connectivity index (χ0n) is 10.3. The van der Waals surface area contributed by atoms with Crippen LogP contribution in [-0.2, 0) is 4.74 Å². The highest BCUT2D eigenvalue weighted by molar-refractivity contribution is 7.10. The number of thiophene rings is 1. The summed E-state index contributed by atoms with van der Waals surface area (Å²) < 4.78 is 5.66. The monoisotopic (exact) mass is 227 g/mol. The van der Waals surface area contributed by atoms with Gasteiger partial charge >= 0.3 is 0 Å². The van der Waals surface area contributed by atoms with Crippen LogP contribution in [0, 0.1) is 6.92 Å². The molecule has 2 atom stereocenters. The summed E-state index contributed by atoms with van der Waals surface area (Å²) in [6, 6.07) is 2.43. The minimum atomic E-state index is -0.135. The zero-order chi connectivity index (χ0) is 11.5. The van der Waals surface area contributed by atoms with Crippen molar-refractivity contribution in [2.75, 3.05) is 14.2 Å². The molecule has 1 aromatic heterocycles. The minimum Gasteiger partial charge on any atom is -0.377 e. The van der Waals surface area contributed by atoms with Gasteiger partial charge < -0.3 is 10.1 Å². The van der Waals surface area contributed by atoms with E-state index in [1.165, 1.54) is 10.4 Å². The van der Waals surface area contributed by atoms with Gasteiger partial charge in [0.25, 0.3) is 0 Å². The quantitative estimate of drug-likeness (QED) is 0.834. The molecule has 1 rings (SSSR count). The first-order valence-corrected chi connectivity index (χ1v) is 6.23. The van der Waals surface area contributed by atoms with Gasteiger partial charge in [0, 0.05) is 12.0 Å². The highest BCUT2D eigenvalue weighted by Gasteiger charge is 2.34. The number of likely N-dealkylation sites (N-methyl/N-ethyl adjacent to an activating group) is 1. The van der Waals surface area contributed by atoms with E-state index in [9.17, 15) is 0 Å². The Kier molecular flexibility index (Phi) is 4.32. The smallest absolute Gasteiger partial charge is 0.0849 e. The molecule has 15 heavy (non-hydrogen) atoms. The Balaban J connectivity index is 3.03. The van der Waals surface area contributed by atoms with E-state index in [4.69, 9.17) is 4.74 Å². The average Bonchev–Trinajstić information content (AvgIpc) is 2.66. The molecule has 0 aliphatic heterocycles. The van der Waals surface area contributed by atoms with Crippen molar-refractivity contribution < 1.29 is 4.74 Å². The van der Waals surface area contributed by atoms with Gasteiger partial charge in [0.1, 0.15) is 0 Å². The standard InChI is InChI=1S/C12H21NOS/c1-6-12(3,14-5)11(13-4)10-9(2)7-8-15-10/h7-8,11,13H,6H2,1-5H3. The van der Waals surface area contributed by atoms with Crippen LogP contribution < -0.4 is 5.32 Å². The summed E-state index contributed by atoms with van der Waals surface area (Å²) in [5.41, 5.74) is 1.21. The second-order valence-electron chi connectivity index (χ2n) is 4.06. The summed E-state index contributed by atoms with van der Waals surface area (Å²) in [5, 5.41) is 5.51. The number of hydrogen-bond acceptors (Lipinski definition) is 3. The predicted octanol–water partition coefficient (Wildman–Crippen LogP) is 3.13. The molecular weight excluding hydrogens is 206 g/mol. The van der Waals surface area contributed by atoms with E-state index < -0.39 is 0 Å². The third-order valence-electron chi connectivity index (χ3n) is 3.23. The average molecular weight is 227 g/mol. The number of aryl methyl sites for hydroxylation is 1. The van der Waals surface area contributed by atoms with Crippen molar-refractivity contribution in [2.24, 2.45) is 0 Å². The molecule has 3 heteroatoms. The van der Waals surface area contributed by atoms with Crippen molar-refractivity contribution >= 4 is 11.3 Å². The van der Waals surface area contributed by atoms with Crippen molar-refractivity contribution in [3.05, 3.63) is 21.9 Å². The molecule has 1 aromatic rings. The molecule has 0 aliphatic rings. The van der Waals surface area contributed by atoms with Crippen LogP contribution in [0.25, 0.3) is 0 Å². The summed E-state index contributed by atoms with van der Waals surface area (Å²) in [4.78, 5) is 1.38. The zero-order valence-corrected chi connectivity index (χ0v) is 11.1. The minimum absolute atomic E-state index is 0.135. The van der Waals surface area contributed by atoms with Crippen LogP contribution >= 0.6 is 11.3 Å². The molecular formula is C12H21NOS. The van der Waals surface area contributed by atoms with E-state index in [1.807, 2.05) is 7.05 Å². The number of nitrogens with one attached hydrogen (secondary N) is 1. The van der Waals surface area contributed by atoms with Crippen LogP contribution in [0.15, 0.2) is 11.4 Å². The molecule has 1 heterocycles. The van der Waals surface area contributed by atoms with Crippen molar-refractivity contribution in [2.45, 2.75) is 38.8 Å². The van der Waals surface area contributed by atoms with E-state index >= 15 is 0 Å². The molecule has 0 bridgehead atoms. The third kappa shape index (κ3) is 2.41. The van der Waals surface area contributed by atoms with Crippen LogP contribution in [-0.4, -0.2) is 19.8 Å². The lowest BCUT2D eigenvalue weighted by Gasteiger charge is -2.35. The van der Waals surface area contributed by atoms with E-state index in [0.717, 1.165) is 6.42 Å². The third-order valence-corrected chi connectivity index (χ3v) is 4.32. The second kappa shape index (κ2) is 5.10. The van der Waals surface area contributed by atoms with Gasteiger partial charge in [-0.15, -0.1) is 11.3 Å². The Hall–Kier alpha value is -0.380. The molecule has 0 fully saturated rings. The molecule has 0 saturated heterocycles. The van der Waals surface area contributed by atoms with Gasteiger partial charge in [-0.3, -0.25) is 0 Å². The summed E-state index contributed by atoms with van der Waals surface area (Å²) in [6.45, 7) is 6.48. The first-order chi connectivity index (χ1) is 7.09. The predicted molar refractivity (Wildman–Crippen MR) is 66.6 cm³/mol. The SMILES string of the molecule is CCC(C)(OC)C(NC)c1sccc1C. The fourth-order valence-corrected chi connectivity index (χ4v) is 3.04. The van der Waals surface area contributed by atoms with Crippen molar-refractivity contribution in [3.63, 3.8) is 0 Å². The topological polar surface area (TPSA) is 21.3 Å². The van der Waals surface area contributed by atoms with Gasteiger partial charge in [-0.1, -0.05) is 6.92 Å². The molecule has 0 saturated carbocycles. The molecule has 1 N–H and O–H groups in total. The number of methoxy groups -OCH3 is 1. The van der Waals surface area contributed by atoms with E-state index in [-0.39, 0.29) is 11.6 Å². The lowest BCUT2D eigenvalue weighted by Crippen LogP contribution is -2.41. The van der Waals surface area contributed by atoms with Gasteiger partial charge in [0.2, 0.25) is 0 Å². The number of ether oxygens (including phenoxy) is 1. The maximum absolute atomic E-state index is 5.66. The summed E-state index contributed by atoms with van der Waals surface area (Å²) >= 11 is 1.80. The maximum Gasteiger partial charge on any atom is 0.0849 e. The molecule has 0 amide bonds. The largest absolute Gasteiger partial charge is 0.377 e. The molecule has 0 aliphatic carbocycles. The van der Waals surface area contributed by atoms with Gasteiger partial charge in [0.05, 0.1) is 11.6 Å². The molecule has 86 valence electrons. The van der Waals surface area contributed by atoms with Crippen molar-refractivity contribution in [3.8, 4) is 0 Å². The molecule has 2 unspecified atom stereocenters. The Morgan fingerprint density at radius 3 is 2.60 bits per heavy atom. The van der Waals surface area contributed by atoms with Crippen LogP contribution in [0.5, 0.6) is 0 Å². The lowest BCUT2D eigenvalue weighted by atomic mass is 9.91. The van der Waals surface area contributed by atoms with E-state index in [0.29, 0.717) is 0 Å². The van der Waals surface area contributed by atoms with E-state index in [2.05, 4.69) is 37.5 Å². The normalized spacial score (nSPS) is 17.4. The molecule has 0 aromatic carbocycles. The van der Waals surface area contributed by atoms with Gasteiger partial charge in [0.15, 0.2) is 0 Å². The highest BCUT2D eigenvalue weighted by atomic mass is 32.1. The number of hydrogen-bond donors (Lipinski definition) is 1. The first kappa shape index (κ1) is 12.7. The van der Waals surface area contributed by atoms with Crippen LogP contribution in [0.1, 0.15) is 36.8 Å². The van der Waals surface area contributed by atoms with Crippen LogP contribution in [0.4, 0.5) is 0 Å². The van der Waals surface area contributed by atoms with Crippen LogP contribution in [0.2, 0.25) is 0 Å². The van der Waals surface area contributed by atoms with Gasteiger partial charge in [-0.05, 0) is 44.3 Å². The fourth-order valence-electron chi connectivity index (χ4n) is 1.86. The lowest BCUT2D eigenvalue weighted by molar-refractivity contribution is -0.0272. The van der Waals surface area contributed by atoms with Crippen LogP contribution in [0.3, 0.4) is 0 Å². The molecule has 2 nitrogen and oxygen atoms in total. The Morgan fingerprint density at radius 2 is 2.27 bits per heavy atom. The summed E-state index contributed by atoms with van der Waals surface area (Å²) in [6.07, 6.45) is 0.992. The van der Waals surface area contributed by atoms with Crippen molar-refractivity contribution in [1.29, 1.82) is 0 Å².